The Morgan fingerprint density at radius 2 is 2.19 bits per heavy atom. The van der Waals surface area contributed by atoms with Gasteiger partial charge >= 0.3 is 0 Å². The zero-order valence-electron chi connectivity index (χ0n) is 13.8. The van der Waals surface area contributed by atoms with E-state index in [0.717, 1.165) is 5.92 Å². The molecule has 120 valence electrons. The van der Waals surface area contributed by atoms with Crippen molar-refractivity contribution in [2.24, 2.45) is 5.92 Å². The normalized spacial score (nSPS) is 21.8. The number of ether oxygens (including phenoxy) is 1. The van der Waals surface area contributed by atoms with Gasteiger partial charge in [-0.15, -0.1) is 11.3 Å². The maximum absolute atomic E-state index is 9.60. The molecule has 1 aromatic heterocycles. The molecule has 2 rings (SSSR count). The Hall–Kier alpha value is -0.940. The van der Waals surface area contributed by atoms with Crippen LogP contribution in [0.2, 0.25) is 0 Å². The van der Waals surface area contributed by atoms with Gasteiger partial charge in [0.25, 0.3) is 6.47 Å². The summed E-state index contributed by atoms with van der Waals surface area (Å²) in [6.07, 6.45) is 5.76. The van der Waals surface area contributed by atoms with Crippen LogP contribution >= 0.6 is 11.3 Å². The maximum atomic E-state index is 9.60. The van der Waals surface area contributed by atoms with Crippen LogP contribution < -0.4 is 5.32 Å². The van der Waals surface area contributed by atoms with E-state index in [2.05, 4.69) is 34.3 Å². The topological polar surface area (TPSA) is 51.2 Å². The minimum Gasteiger partial charge on any atom is -0.462 e. The Morgan fingerprint density at radius 1 is 1.48 bits per heavy atom. The Bertz CT molecular complexity index is 399. The van der Waals surface area contributed by atoms with Gasteiger partial charge in [0.05, 0.1) is 6.04 Å². The average molecular weight is 312 g/mol. The first kappa shape index (κ1) is 18.1. The molecule has 0 aromatic carbocycles. The summed E-state index contributed by atoms with van der Waals surface area (Å²) in [5, 5.41) is 7.00. The van der Waals surface area contributed by atoms with Gasteiger partial charge in [0, 0.05) is 17.6 Å². The fourth-order valence-electron chi connectivity index (χ4n) is 2.32. The molecular weight excluding hydrogens is 284 g/mol. The summed E-state index contributed by atoms with van der Waals surface area (Å²) in [7, 11) is 0. The van der Waals surface area contributed by atoms with Crippen molar-refractivity contribution in [2.45, 2.75) is 71.6 Å². The second-order valence-corrected chi connectivity index (χ2v) is 7.75. The van der Waals surface area contributed by atoms with E-state index in [1.165, 1.54) is 24.3 Å². The van der Waals surface area contributed by atoms with Gasteiger partial charge in [0.1, 0.15) is 10.6 Å². The number of thiazole rings is 1. The van der Waals surface area contributed by atoms with Crippen LogP contribution in [0.15, 0.2) is 11.6 Å². The van der Waals surface area contributed by atoms with Crippen LogP contribution in [-0.2, 0) is 9.53 Å². The van der Waals surface area contributed by atoms with E-state index in [4.69, 9.17) is 0 Å². The number of aromatic nitrogens is 1. The highest BCUT2D eigenvalue weighted by atomic mass is 32.1. The molecule has 0 radical (unpaired) electrons. The Labute approximate surface area is 132 Å². The Kier molecular flexibility index (Phi) is 7.32. The van der Waals surface area contributed by atoms with Crippen LogP contribution in [0.4, 0.5) is 0 Å². The van der Waals surface area contributed by atoms with Crippen molar-refractivity contribution in [1.82, 2.24) is 10.3 Å². The highest BCUT2D eigenvalue weighted by Crippen LogP contribution is 2.29. The van der Waals surface area contributed by atoms with E-state index in [1.807, 2.05) is 27.0 Å². The van der Waals surface area contributed by atoms with E-state index in [-0.39, 0.29) is 5.60 Å². The van der Waals surface area contributed by atoms with Crippen molar-refractivity contribution in [2.75, 3.05) is 0 Å². The average Bonchev–Trinajstić information content (AvgIpc) is 2.96. The second-order valence-electron chi connectivity index (χ2n) is 6.82. The minimum absolute atomic E-state index is 0.318. The van der Waals surface area contributed by atoms with E-state index >= 15 is 0 Å². The predicted molar refractivity (Wildman–Crippen MR) is 87.4 cm³/mol. The van der Waals surface area contributed by atoms with Gasteiger partial charge < -0.3 is 10.1 Å². The fraction of sp³-hybridized carbons (Fsp3) is 0.750. The van der Waals surface area contributed by atoms with Crippen LogP contribution in [0.25, 0.3) is 0 Å². The molecule has 1 N–H and O–H groups in total. The van der Waals surface area contributed by atoms with Gasteiger partial charge in [-0.25, -0.2) is 4.98 Å². The molecule has 0 amide bonds. The van der Waals surface area contributed by atoms with E-state index in [9.17, 15) is 4.79 Å². The minimum atomic E-state index is -0.318. The van der Waals surface area contributed by atoms with Crippen molar-refractivity contribution in [3.8, 4) is 0 Å². The van der Waals surface area contributed by atoms with E-state index in [1.54, 1.807) is 11.3 Å². The van der Waals surface area contributed by atoms with Gasteiger partial charge in [-0.1, -0.05) is 13.8 Å². The zero-order valence-corrected chi connectivity index (χ0v) is 14.6. The van der Waals surface area contributed by atoms with Crippen LogP contribution in [0, 0.1) is 5.92 Å². The smallest absolute Gasteiger partial charge is 0.293 e. The fourth-order valence-corrected chi connectivity index (χ4v) is 3.05. The third kappa shape index (κ3) is 7.58. The first-order valence-corrected chi connectivity index (χ1v) is 8.46. The summed E-state index contributed by atoms with van der Waals surface area (Å²) in [4.78, 5) is 14.0. The molecule has 5 heteroatoms. The lowest BCUT2D eigenvalue weighted by molar-refractivity contribution is -0.138. The standard InChI is InChI=1S/C11H18N2S.C5H10O2/c1-8(2)7-9-3-4-10(13-9)11-12-5-6-14-11;1-5(2,3)7-4-6/h5-6,8-10,13H,3-4,7H2,1-2H3;4H,1-3H3/t9?,10-;/m1./s1. The molecule has 1 saturated heterocycles. The Morgan fingerprint density at radius 3 is 2.62 bits per heavy atom. The lowest BCUT2D eigenvalue weighted by Crippen LogP contribution is -2.25. The van der Waals surface area contributed by atoms with Gasteiger partial charge in [-0.05, 0) is 46.0 Å². The molecule has 1 fully saturated rings. The van der Waals surface area contributed by atoms with Crippen LogP contribution in [0.3, 0.4) is 0 Å². The number of carbonyl (C=O) groups excluding carboxylic acids is 1. The van der Waals surface area contributed by atoms with Crippen molar-refractivity contribution >= 4 is 17.8 Å². The number of rotatable bonds is 4. The molecule has 4 nitrogen and oxygen atoms in total. The summed E-state index contributed by atoms with van der Waals surface area (Å²) >= 11 is 1.77. The van der Waals surface area contributed by atoms with Crippen molar-refractivity contribution in [3.63, 3.8) is 0 Å². The summed E-state index contributed by atoms with van der Waals surface area (Å²) in [6.45, 7) is 10.5. The predicted octanol–water partition coefficient (Wildman–Crippen LogP) is 3.94. The highest BCUT2D eigenvalue weighted by molar-refractivity contribution is 7.09. The molecule has 0 spiro atoms. The molecule has 1 aliphatic rings. The van der Waals surface area contributed by atoms with Crippen LogP contribution in [0.5, 0.6) is 0 Å². The molecule has 2 atom stereocenters. The third-order valence-electron chi connectivity index (χ3n) is 3.15. The molecule has 21 heavy (non-hydrogen) atoms. The van der Waals surface area contributed by atoms with Gasteiger partial charge in [0.15, 0.2) is 0 Å². The number of hydrogen-bond donors (Lipinski definition) is 1. The van der Waals surface area contributed by atoms with E-state index in [0.29, 0.717) is 18.6 Å². The van der Waals surface area contributed by atoms with Gasteiger partial charge in [0.2, 0.25) is 0 Å². The summed E-state index contributed by atoms with van der Waals surface area (Å²) < 4.78 is 4.55. The zero-order chi connectivity index (χ0) is 15.9. The second kappa shape index (κ2) is 8.49. The molecule has 0 aliphatic carbocycles. The van der Waals surface area contributed by atoms with Crippen molar-refractivity contribution in [3.05, 3.63) is 16.6 Å². The van der Waals surface area contributed by atoms with Gasteiger partial charge in [-0.3, -0.25) is 4.79 Å². The van der Waals surface area contributed by atoms with Crippen LogP contribution in [-0.4, -0.2) is 23.1 Å². The SMILES string of the molecule is CC(C)(C)OC=O.CC(C)CC1CC[C@H](c2nccs2)N1. The van der Waals surface area contributed by atoms with Crippen molar-refractivity contribution < 1.29 is 9.53 Å². The molecule has 1 unspecified atom stereocenters. The monoisotopic (exact) mass is 312 g/mol. The first-order chi connectivity index (χ1) is 9.81. The number of nitrogens with zero attached hydrogens (tertiary/aromatic N) is 1. The third-order valence-corrected chi connectivity index (χ3v) is 4.04. The highest BCUT2D eigenvalue weighted by Gasteiger charge is 2.26. The maximum Gasteiger partial charge on any atom is 0.293 e. The largest absolute Gasteiger partial charge is 0.462 e. The molecule has 0 saturated carbocycles. The molecular formula is C16H28N2O2S. The lowest BCUT2D eigenvalue weighted by atomic mass is 10.0. The Balaban J connectivity index is 0.000000270. The first-order valence-electron chi connectivity index (χ1n) is 7.58. The summed E-state index contributed by atoms with van der Waals surface area (Å²) in [5.74, 6) is 0.794. The number of nitrogens with one attached hydrogen (secondary N) is 1. The van der Waals surface area contributed by atoms with Crippen LogP contribution in [0.1, 0.15) is 64.9 Å². The number of carbonyl (C=O) groups is 1. The molecule has 1 aromatic rings. The number of hydrogen-bond acceptors (Lipinski definition) is 5. The molecule has 2 heterocycles. The molecule has 1 aliphatic heterocycles. The molecule has 0 bridgehead atoms. The quantitative estimate of drug-likeness (QED) is 0.856. The van der Waals surface area contributed by atoms with Crippen molar-refractivity contribution in [1.29, 1.82) is 0 Å². The summed E-state index contributed by atoms with van der Waals surface area (Å²) in [5.41, 5.74) is -0.318. The van der Waals surface area contributed by atoms with Gasteiger partial charge in [-0.2, -0.15) is 0 Å². The lowest BCUT2D eigenvalue weighted by Gasteiger charge is -2.14. The van der Waals surface area contributed by atoms with E-state index < -0.39 is 0 Å². The summed E-state index contributed by atoms with van der Waals surface area (Å²) in [6, 6.07) is 1.24.